The SMILES string of the molecule is CCn1nc(C)c(NC(=O)[C@]2(C)CC(c3cccc(F)c3)=NO2)c1C. The molecule has 1 aromatic heterocycles. The summed E-state index contributed by atoms with van der Waals surface area (Å²) in [6.45, 7) is 8.15. The zero-order valence-corrected chi connectivity index (χ0v) is 14.8. The quantitative estimate of drug-likeness (QED) is 0.926. The Balaban J connectivity index is 1.77. The molecule has 0 bridgehead atoms. The highest BCUT2D eigenvalue weighted by atomic mass is 19.1. The van der Waals surface area contributed by atoms with Crippen molar-refractivity contribution in [3.8, 4) is 0 Å². The molecule has 2 aromatic rings. The van der Waals surface area contributed by atoms with E-state index < -0.39 is 5.60 Å². The third kappa shape index (κ3) is 3.14. The highest BCUT2D eigenvalue weighted by Gasteiger charge is 2.42. The van der Waals surface area contributed by atoms with Crippen LogP contribution < -0.4 is 5.32 Å². The van der Waals surface area contributed by atoms with E-state index in [2.05, 4.69) is 15.6 Å². The smallest absolute Gasteiger partial charge is 0.271 e. The fraction of sp³-hybridized carbons (Fsp3) is 0.389. The largest absolute Gasteiger partial charge is 0.379 e. The average molecular weight is 344 g/mol. The first-order chi connectivity index (χ1) is 11.8. The van der Waals surface area contributed by atoms with Gasteiger partial charge in [-0.2, -0.15) is 5.10 Å². The normalized spacial score (nSPS) is 19.5. The van der Waals surface area contributed by atoms with E-state index in [0.29, 0.717) is 17.0 Å². The number of nitrogens with zero attached hydrogens (tertiary/aromatic N) is 3. The van der Waals surface area contributed by atoms with E-state index in [4.69, 9.17) is 4.84 Å². The Kier molecular flexibility index (Phi) is 4.32. The van der Waals surface area contributed by atoms with Crippen molar-refractivity contribution in [2.75, 3.05) is 5.32 Å². The Morgan fingerprint density at radius 1 is 1.44 bits per heavy atom. The van der Waals surface area contributed by atoms with Gasteiger partial charge in [0, 0.05) is 18.5 Å². The predicted octanol–water partition coefficient (Wildman–Crippen LogP) is 3.18. The van der Waals surface area contributed by atoms with Gasteiger partial charge in [-0.3, -0.25) is 9.48 Å². The van der Waals surface area contributed by atoms with Crippen LogP contribution in [0.15, 0.2) is 29.4 Å². The van der Waals surface area contributed by atoms with E-state index in [9.17, 15) is 9.18 Å². The molecular weight excluding hydrogens is 323 g/mol. The molecule has 0 saturated heterocycles. The number of aromatic nitrogens is 2. The first-order valence-corrected chi connectivity index (χ1v) is 8.20. The second kappa shape index (κ2) is 6.31. The number of carbonyl (C=O) groups is 1. The van der Waals surface area contributed by atoms with Gasteiger partial charge in [0.05, 0.1) is 22.8 Å². The number of rotatable bonds is 4. The maximum Gasteiger partial charge on any atom is 0.271 e. The first-order valence-electron chi connectivity index (χ1n) is 8.20. The van der Waals surface area contributed by atoms with Crippen LogP contribution in [0.5, 0.6) is 0 Å². The summed E-state index contributed by atoms with van der Waals surface area (Å²) < 4.78 is 15.2. The molecule has 0 saturated carbocycles. The summed E-state index contributed by atoms with van der Waals surface area (Å²) in [5, 5.41) is 11.3. The van der Waals surface area contributed by atoms with Gasteiger partial charge in [-0.25, -0.2) is 4.39 Å². The minimum Gasteiger partial charge on any atom is -0.379 e. The fourth-order valence-electron chi connectivity index (χ4n) is 2.92. The molecule has 7 heteroatoms. The molecule has 0 aliphatic carbocycles. The highest BCUT2D eigenvalue weighted by Crippen LogP contribution is 2.29. The van der Waals surface area contributed by atoms with Crippen molar-refractivity contribution in [1.82, 2.24) is 9.78 Å². The summed E-state index contributed by atoms with van der Waals surface area (Å²) in [6.07, 6.45) is 0.266. The van der Waals surface area contributed by atoms with Crippen LogP contribution in [0.3, 0.4) is 0 Å². The van der Waals surface area contributed by atoms with Crippen LogP contribution in [0.2, 0.25) is 0 Å². The van der Waals surface area contributed by atoms with Crippen LogP contribution in [0.1, 0.15) is 37.2 Å². The average Bonchev–Trinajstić information content (AvgIpc) is 3.11. The molecule has 6 nitrogen and oxygen atoms in total. The standard InChI is InChI=1S/C18H21FN4O2/c1-5-23-12(3)16(11(2)21-23)20-17(24)18(4)10-15(22-25-18)13-7-6-8-14(19)9-13/h6-9H,5,10H2,1-4H3,(H,20,24)/t18-/m0/s1. The van der Waals surface area contributed by atoms with Crippen molar-refractivity contribution in [3.63, 3.8) is 0 Å². The zero-order chi connectivity index (χ0) is 18.2. The number of amides is 1. The molecule has 1 atom stereocenters. The molecule has 0 fully saturated rings. The number of oxime groups is 1. The van der Waals surface area contributed by atoms with Crippen molar-refractivity contribution in [2.24, 2.45) is 5.16 Å². The van der Waals surface area contributed by atoms with Crippen LogP contribution in [-0.2, 0) is 16.2 Å². The fourth-order valence-corrected chi connectivity index (χ4v) is 2.92. The maximum atomic E-state index is 13.4. The molecule has 1 amide bonds. The molecule has 0 radical (unpaired) electrons. The Hall–Kier alpha value is -2.70. The van der Waals surface area contributed by atoms with Crippen LogP contribution in [0.25, 0.3) is 0 Å². The van der Waals surface area contributed by atoms with Crippen LogP contribution in [0.4, 0.5) is 10.1 Å². The minimum atomic E-state index is -1.14. The second-order valence-corrected chi connectivity index (χ2v) is 6.36. The monoisotopic (exact) mass is 344 g/mol. The number of hydrogen-bond acceptors (Lipinski definition) is 4. The number of carbonyl (C=O) groups excluding carboxylic acids is 1. The van der Waals surface area contributed by atoms with Crippen molar-refractivity contribution in [3.05, 3.63) is 47.0 Å². The predicted molar refractivity (Wildman–Crippen MR) is 93.0 cm³/mol. The van der Waals surface area contributed by atoms with Crippen molar-refractivity contribution < 1.29 is 14.0 Å². The summed E-state index contributed by atoms with van der Waals surface area (Å²) in [7, 11) is 0. The Morgan fingerprint density at radius 2 is 2.20 bits per heavy atom. The third-order valence-corrected chi connectivity index (χ3v) is 4.42. The van der Waals surface area contributed by atoms with Crippen molar-refractivity contribution >= 4 is 17.3 Å². The van der Waals surface area contributed by atoms with E-state index >= 15 is 0 Å². The highest BCUT2D eigenvalue weighted by molar-refractivity contribution is 6.08. The number of benzene rings is 1. The molecule has 2 heterocycles. The molecule has 1 N–H and O–H groups in total. The summed E-state index contributed by atoms with van der Waals surface area (Å²) >= 11 is 0. The Bertz CT molecular complexity index is 859. The van der Waals surface area contributed by atoms with E-state index in [1.807, 2.05) is 25.5 Å². The van der Waals surface area contributed by atoms with Gasteiger partial charge in [-0.05, 0) is 39.8 Å². The maximum absolute atomic E-state index is 13.4. The molecule has 3 rings (SSSR count). The van der Waals surface area contributed by atoms with Crippen LogP contribution >= 0.6 is 0 Å². The lowest BCUT2D eigenvalue weighted by Gasteiger charge is -2.20. The van der Waals surface area contributed by atoms with Crippen molar-refractivity contribution in [1.29, 1.82) is 0 Å². The van der Waals surface area contributed by atoms with Crippen LogP contribution in [0, 0.1) is 19.7 Å². The lowest BCUT2D eigenvalue weighted by molar-refractivity contribution is -0.135. The molecule has 0 spiro atoms. The van der Waals surface area contributed by atoms with Gasteiger partial charge in [0.1, 0.15) is 5.82 Å². The minimum absolute atomic E-state index is 0.266. The number of halogens is 1. The second-order valence-electron chi connectivity index (χ2n) is 6.36. The zero-order valence-electron chi connectivity index (χ0n) is 14.8. The van der Waals surface area contributed by atoms with E-state index in [0.717, 1.165) is 17.9 Å². The van der Waals surface area contributed by atoms with Gasteiger partial charge in [-0.1, -0.05) is 17.3 Å². The van der Waals surface area contributed by atoms with E-state index in [-0.39, 0.29) is 18.1 Å². The number of nitrogens with one attached hydrogen (secondary N) is 1. The molecule has 1 aliphatic heterocycles. The van der Waals surface area contributed by atoms with E-state index in [1.54, 1.807) is 19.1 Å². The topological polar surface area (TPSA) is 68.5 Å². The summed E-state index contributed by atoms with van der Waals surface area (Å²) in [6, 6.07) is 6.09. The molecular formula is C18H21FN4O2. The van der Waals surface area contributed by atoms with Gasteiger partial charge in [-0.15, -0.1) is 0 Å². The third-order valence-electron chi connectivity index (χ3n) is 4.42. The van der Waals surface area contributed by atoms with Gasteiger partial charge in [0.2, 0.25) is 5.60 Å². The molecule has 25 heavy (non-hydrogen) atoms. The first kappa shape index (κ1) is 17.1. The van der Waals surface area contributed by atoms with Gasteiger partial charge >= 0.3 is 0 Å². The summed E-state index contributed by atoms with van der Waals surface area (Å²) in [5.74, 6) is -0.652. The number of anilines is 1. The molecule has 1 aliphatic rings. The number of hydrogen-bond donors (Lipinski definition) is 1. The van der Waals surface area contributed by atoms with Gasteiger partial charge in [0.25, 0.3) is 5.91 Å². The van der Waals surface area contributed by atoms with E-state index in [1.165, 1.54) is 12.1 Å². The lowest BCUT2D eigenvalue weighted by Crippen LogP contribution is -2.40. The molecule has 1 aromatic carbocycles. The Morgan fingerprint density at radius 3 is 2.84 bits per heavy atom. The lowest BCUT2D eigenvalue weighted by atomic mass is 9.95. The van der Waals surface area contributed by atoms with Gasteiger partial charge in [0.15, 0.2) is 0 Å². The van der Waals surface area contributed by atoms with Crippen LogP contribution in [-0.4, -0.2) is 27.0 Å². The summed E-state index contributed by atoms with van der Waals surface area (Å²) in [4.78, 5) is 18.2. The summed E-state index contributed by atoms with van der Waals surface area (Å²) in [5.41, 5.74) is 2.35. The number of aryl methyl sites for hydroxylation is 2. The molecule has 0 unspecified atom stereocenters. The van der Waals surface area contributed by atoms with Gasteiger partial charge < -0.3 is 10.2 Å². The van der Waals surface area contributed by atoms with Crippen molar-refractivity contribution in [2.45, 2.75) is 46.3 Å². The Labute approximate surface area is 145 Å². The molecule has 132 valence electrons.